The average molecular weight is 290 g/mol. The summed E-state index contributed by atoms with van der Waals surface area (Å²) < 4.78 is 0. The van der Waals surface area contributed by atoms with E-state index in [1.807, 2.05) is 4.90 Å². The van der Waals surface area contributed by atoms with E-state index in [2.05, 4.69) is 25.8 Å². The van der Waals surface area contributed by atoms with Crippen molar-refractivity contribution in [3.8, 4) is 0 Å². The molecule has 1 heterocycles. The van der Waals surface area contributed by atoms with Crippen LogP contribution in [0, 0.1) is 5.92 Å². The summed E-state index contributed by atoms with van der Waals surface area (Å²) in [7, 11) is 0. The number of rotatable bonds is 6. The lowest BCUT2D eigenvalue weighted by Crippen LogP contribution is -2.44. The van der Waals surface area contributed by atoms with Crippen LogP contribution < -0.4 is 0 Å². The van der Waals surface area contributed by atoms with Crippen LogP contribution in [0.25, 0.3) is 0 Å². The van der Waals surface area contributed by atoms with Crippen LogP contribution in [0.4, 0.5) is 0 Å². The van der Waals surface area contributed by atoms with E-state index < -0.39 is 5.97 Å². The molecule has 0 radical (unpaired) electrons. The first-order valence-electron chi connectivity index (χ1n) is 7.47. The molecule has 1 saturated carbocycles. The normalized spacial score (nSPS) is 17.1. The molecule has 0 spiro atoms. The second-order valence-corrected chi connectivity index (χ2v) is 5.80. The summed E-state index contributed by atoms with van der Waals surface area (Å²) in [5.41, 5.74) is 0.317. The summed E-state index contributed by atoms with van der Waals surface area (Å²) in [6.45, 7) is 6.31. The quantitative estimate of drug-likeness (QED) is 0.874. The number of hydrogen-bond acceptors (Lipinski definition) is 3. The highest BCUT2D eigenvalue weighted by atomic mass is 16.4. The maximum atomic E-state index is 12.7. The van der Waals surface area contributed by atoms with Crippen molar-refractivity contribution in [1.82, 2.24) is 9.88 Å². The van der Waals surface area contributed by atoms with E-state index >= 15 is 0 Å². The largest absolute Gasteiger partial charge is 0.478 e. The molecule has 2 unspecified atom stereocenters. The van der Waals surface area contributed by atoms with Crippen LogP contribution in [0.15, 0.2) is 18.3 Å². The SMILES string of the molecule is CCC(C)C(C)N(C(=O)c1cc(C(=O)O)ccn1)C1CC1. The summed E-state index contributed by atoms with van der Waals surface area (Å²) >= 11 is 0. The van der Waals surface area contributed by atoms with Gasteiger partial charge in [0, 0.05) is 18.3 Å². The van der Waals surface area contributed by atoms with Crippen LogP contribution in [0.5, 0.6) is 0 Å². The van der Waals surface area contributed by atoms with Crippen LogP contribution in [0.2, 0.25) is 0 Å². The predicted octanol–water partition coefficient (Wildman–Crippen LogP) is 2.82. The summed E-state index contributed by atoms with van der Waals surface area (Å²) in [4.78, 5) is 29.7. The van der Waals surface area contributed by atoms with Crippen molar-refractivity contribution in [2.75, 3.05) is 0 Å². The van der Waals surface area contributed by atoms with E-state index in [9.17, 15) is 9.59 Å². The van der Waals surface area contributed by atoms with Crippen LogP contribution in [0.3, 0.4) is 0 Å². The molecular weight excluding hydrogens is 268 g/mol. The van der Waals surface area contributed by atoms with Gasteiger partial charge in [-0.15, -0.1) is 0 Å². The molecule has 0 aromatic carbocycles. The number of carbonyl (C=O) groups is 2. The summed E-state index contributed by atoms with van der Waals surface area (Å²) in [6.07, 6.45) is 4.42. The van der Waals surface area contributed by atoms with Crippen molar-refractivity contribution >= 4 is 11.9 Å². The minimum Gasteiger partial charge on any atom is -0.478 e. The van der Waals surface area contributed by atoms with Crippen molar-refractivity contribution in [3.63, 3.8) is 0 Å². The Balaban J connectivity index is 2.26. The number of carboxylic acid groups (broad SMARTS) is 1. The number of aromatic carboxylic acids is 1. The molecule has 1 amide bonds. The van der Waals surface area contributed by atoms with Gasteiger partial charge in [-0.25, -0.2) is 4.79 Å². The Labute approximate surface area is 125 Å². The van der Waals surface area contributed by atoms with Crippen molar-refractivity contribution in [2.24, 2.45) is 5.92 Å². The molecule has 0 aliphatic heterocycles. The number of amides is 1. The highest BCUT2D eigenvalue weighted by molar-refractivity contribution is 5.96. The van der Waals surface area contributed by atoms with Gasteiger partial charge in [0.15, 0.2) is 0 Å². The lowest BCUT2D eigenvalue weighted by atomic mass is 9.98. The Morgan fingerprint density at radius 3 is 2.62 bits per heavy atom. The molecule has 2 rings (SSSR count). The van der Waals surface area contributed by atoms with Gasteiger partial charge < -0.3 is 10.0 Å². The minimum absolute atomic E-state index is 0.0975. The smallest absolute Gasteiger partial charge is 0.335 e. The second kappa shape index (κ2) is 6.24. The molecule has 0 saturated heterocycles. The van der Waals surface area contributed by atoms with Crippen molar-refractivity contribution in [1.29, 1.82) is 0 Å². The number of carboxylic acids is 1. The fraction of sp³-hybridized carbons (Fsp3) is 0.562. The molecule has 114 valence electrons. The van der Waals surface area contributed by atoms with E-state index in [4.69, 9.17) is 5.11 Å². The molecule has 2 atom stereocenters. The summed E-state index contributed by atoms with van der Waals surface area (Å²) in [5, 5.41) is 9.03. The number of hydrogen-bond donors (Lipinski definition) is 1. The van der Waals surface area contributed by atoms with Crippen molar-refractivity contribution < 1.29 is 14.7 Å². The lowest BCUT2D eigenvalue weighted by Gasteiger charge is -2.33. The van der Waals surface area contributed by atoms with E-state index in [-0.39, 0.29) is 29.2 Å². The molecule has 1 fully saturated rings. The molecule has 1 aliphatic carbocycles. The van der Waals surface area contributed by atoms with Gasteiger partial charge in [0.1, 0.15) is 5.69 Å². The molecule has 1 aromatic rings. The van der Waals surface area contributed by atoms with Gasteiger partial charge in [-0.05, 0) is 37.8 Å². The first kappa shape index (κ1) is 15.5. The number of aromatic nitrogens is 1. The zero-order valence-electron chi connectivity index (χ0n) is 12.7. The van der Waals surface area contributed by atoms with Crippen LogP contribution in [0.1, 0.15) is 60.9 Å². The molecular formula is C16H22N2O3. The maximum absolute atomic E-state index is 12.7. The minimum atomic E-state index is -1.04. The number of nitrogens with zero attached hydrogens (tertiary/aromatic N) is 2. The van der Waals surface area contributed by atoms with Crippen LogP contribution in [-0.2, 0) is 0 Å². The Bertz CT molecular complexity index is 540. The molecule has 5 nitrogen and oxygen atoms in total. The first-order valence-corrected chi connectivity index (χ1v) is 7.47. The van der Waals surface area contributed by atoms with Crippen LogP contribution in [-0.4, -0.2) is 39.0 Å². The second-order valence-electron chi connectivity index (χ2n) is 5.80. The average Bonchev–Trinajstić information content (AvgIpc) is 3.31. The third-order valence-electron chi connectivity index (χ3n) is 4.31. The Morgan fingerprint density at radius 1 is 1.43 bits per heavy atom. The summed E-state index contributed by atoms with van der Waals surface area (Å²) in [5.74, 6) is -0.801. The molecule has 21 heavy (non-hydrogen) atoms. The third-order valence-corrected chi connectivity index (χ3v) is 4.31. The lowest BCUT2D eigenvalue weighted by molar-refractivity contribution is 0.0609. The molecule has 0 bridgehead atoms. The highest BCUT2D eigenvalue weighted by Crippen LogP contribution is 2.32. The van der Waals surface area contributed by atoms with E-state index in [1.165, 1.54) is 18.3 Å². The summed E-state index contributed by atoms with van der Waals surface area (Å²) in [6, 6.07) is 3.17. The fourth-order valence-electron chi connectivity index (χ4n) is 2.46. The molecule has 1 N–H and O–H groups in total. The zero-order valence-corrected chi connectivity index (χ0v) is 12.7. The maximum Gasteiger partial charge on any atom is 0.335 e. The van der Waals surface area contributed by atoms with E-state index in [0.717, 1.165) is 19.3 Å². The van der Waals surface area contributed by atoms with Crippen LogP contribution >= 0.6 is 0 Å². The number of pyridine rings is 1. The fourth-order valence-corrected chi connectivity index (χ4v) is 2.46. The van der Waals surface area contributed by atoms with Gasteiger partial charge in [-0.3, -0.25) is 9.78 Å². The van der Waals surface area contributed by atoms with Gasteiger partial charge in [0.2, 0.25) is 0 Å². The van der Waals surface area contributed by atoms with E-state index in [0.29, 0.717) is 5.92 Å². The Kier molecular flexibility index (Phi) is 4.60. The van der Waals surface area contributed by atoms with Gasteiger partial charge in [0.05, 0.1) is 5.56 Å². The highest BCUT2D eigenvalue weighted by Gasteiger charge is 2.38. The van der Waals surface area contributed by atoms with Crippen molar-refractivity contribution in [2.45, 2.75) is 52.1 Å². The monoisotopic (exact) mass is 290 g/mol. The predicted molar refractivity (Wildman–Crippen MR) is 79.3 cm³/mol. The van der Waals surface area contributed by atoms with Gasteiger partial charge in [-0.1, -0.05) is 20.3 Å². The van der Waals surface area contributed by atoms with Gasteiger partial charge in [0.25, 0.3) is 5.91 Å². The Morgan fingerprint density at radius 2 is 2.10 bits per heavy atom. The van der Waals surface area contributed by atoms with Crippen molar-refractivity contribution in [3.05, 3.63) is 29.6 Å². The first-order chi connectivity index (χ1) is 9.95. The standard InChI is InChI=1S/C16H22N2O3/c1-4-10(2)11(3)18(13-5-6-13)15(19)14-9-12(16(20)21)7-8-17-14/h7-11,13H,4-6H2,1-3H3,(H,20,21). The molecule has 1 aliphatic rings. The topological polar surface area (TPSA) is 70.5 Å². The Hall–Kier alpha value is -1.91. The molecule has 1 aromatic heterocycles. The van der Waals surface area contributed by atoms with E-state index in [1.54, 1.807) is 0 Å². The third kappa shape index (κ3) is 3.40. The zero-order chi connectivity index (χ0) is 15.6. The number of carbonyl (C=O) groups excluding carboxylic acids is 1. The van der Waals surface area contributed by atoms with Gasteiger partial charge in [-0.2, -0.15) is 0 Å². The molecule has 5 heteroatoms. The van der Waals surface area contributed by atoms with Gasteiger partial charge >= 0.3 is 5.97 Å².